The standard InChI is InChI=1S/C16H11FN2O2/c17-14-8-4-7-13(15(14)16(20)21)11-9-18-19(10-11)12-5-2-1-3-6-12/h1-10H,(H,20,21). The number of para-hydroxylation sites is 1. The van der Waals surface area contributed by atoms with Crippen LogP contribution in [0, 0.1) is 5.82 Å². The molecule has 4 nitrogen and oxygen atoms in total. The summed E-state index contributed by atoms with van der Waals surface area (Å²) in [5.41, 5.74) is 1.36. The second-order valence-corrected chi connectivity index (χ2v) is 4.48. The molecule has 1 aromatic heterocycles. The first-order chi connectivity index (χ1) is 10.2. The van der Waals surface area contributed by atoms with Crippen molar-refractivity contribution in [3.05, 3.63) is 72.3 Å². The van der Waals surface area contributed by atoms with Gasteiger partial charge in [0, 0.05) is 17.3 Å². The summed E-state index contributed by atoms with van der Waals surface area (Å²) in [6.07, 6.45) is 3.20. The lowest BCUT2D eigenvalue weighted by Gasteiger charge is -2.04. The SMILES string of the molecule is O=C(O)c1c(F)cccc1-c1cnn(-c2ccccc2)c1. The van der Waals surface area contributed by atoms with Gasteiger partial charge in [0.1, 0.15) is 11.4 Å². The minimum atomic E-state index is -1.30. The monoisotopic (exact) mass is 282 g/mol. The number of hydrogen-bond acceptors (Lipinski definition) is 2. The molecule has 104 valence electrons. The van der Waals surface area contributed by atoms with Crippen molar-refractivity contribution in [3.8, 4) is 16.8 Å². The number of carboxylic acids is 1. The van der Waals surface area contributed by atoms with Crippen LogP contribution in [0.25, 0.3) is 16.8 Å². The predicted molar refractivity (Wildman–Crippen MR) is 75.9 cm³/mol. The highest BCUT2D eigenvalue weighted by Crippen LogP contribution is 2.26. The molecule has 0 fully saturated rings. The Labute approximate surface area is 120 Å². The van der Waals surface area contributed by atoms with Gasteiger partial charge >= 0.3 is 5.97 Å². The minimum Gasteiger partial charge on any atom is -0.478 e. The second kappa shape index (κ2) is 5.20. The van der Waals surface area contributed by atoms with Crippen molar-refractivity contribution in [2.24, 2.45) is 0 Å². The lowest BCUT2D eigenvalue weighted by atomic mass is 10.0. The summed E-state index contributed by atoms with van der Waals surface area (Å²) in [6, 6.07) is 13.6. The number of halogens is 1. The molecule has 0 aliphatic rings. The van der Waals surface area contributed by atoms with E-state index in [-0.39, 0.29) is 5.56 Å². The average molecular weight is 282 g/mol. The Kier molecular flexibility index (Phi) is 3.23. The Morgan fingerprint density at radius 2 is 1.86 bits per heavy atom. The third kappa shape index (κ3) is 2.41. The maximum atomic E-state index is 13.7. The van der Waals surface area contributed by atoms with E-state index in [9.17, 15) is 9.18 Å². The van der Waals surface area contributed by atoms with Gasteiger partial charge in [0.2, 0.25) is 0 Å². The van der Waals surface area contributed by atoms with Crippen LogP contribution in [0.15, 0.2) is 60.9 Å². The van der Waals surface area contributed by atoms with Crippen LogP contribution in [-0.2, 0) is 0 Å². The number of hydrogen-bond donors (Lipinski definition) is 1. The van der Waals surface area contributed by atoms with E-state index in [0.29, 0.717) is 11.1 Å². The second-order valence-electron chi connectivity index (χ2n) is 4.48. The van der Waals surface area contributed by atoms with Gasteiger partial charge in [0.05, 0.1) is 11.9 Å². The molecule has 0 spiro atoms. The van der Waals surface area contributed by atoms with Crippen molar-refractivity contribution in [2.75, 3.05) is 0 Å². The fourth-order valence-corrected chi connectivity index (χ4v) is 2.17. The molecule has 0 bridgehead atoms. The number of carboxylic acid groups (broad SMARTS) is 1. The quantitative estimate of drug-likeness (QED) is 0.801. The van der Waals surface area contributed by atoms with Crippen LogP contribution in [0.1, 0.15) is 10.4 Å². The van der Waals surface area contributed by atoms with Crippen LogP contribution in [0.4, 0.5) is 4.39 Å². The van der Waals surface area contributed by atoms with Gasteiger partial charge in [-0.15, -0.1) is 0 Å². The maximum absolute atomic E-state index is 13.7. The smallest absolute Gasteiger partial charge is 0.339 e. The van der Waals surface area contributed by atoms with Gasteiger partial charge in [-0.05, 0) is 18.2 Å². The van der Waals surface area contributed by atoms with Crippen LogP contribution in [0.5, 0.6) is 0 Å². The van der Waals surface area contributed by atoms with E-state index >= 15 is 0 Å². The lowest BCUT2D eigenvalue weighted by Crippen LogP contribution is -2.03. The molecule has 0 unspecified atom stereocenters. The molecule has 0 saturated carbocycles. The molecule has 0 atom stereocenters. The van der Waals surface area contributed by atoms with Crippen LogP contribution in [0.3, 0.4) is 0 Å². The summed E-state index contributed by atoms with van der Waals surface area (Å²) in [6.45, 7) is 0. The summed E-state index contributed by atoms with van der Waals surface area (Å²) in [5.74, 6) is -2.05. The molecule has 0 amide bonds. The number of rotatable bonds is 3. The van der Waals surface area contributed by atoms with Crippen molar-refractivity contribution in [3.63, 3.8) is 0 Å². The topological polar surface area (TPSA) is 55.1 Å². The van der Waals surface area contributed by atoms with Gasteiger partial charge in [0.15, 0.2) is 0 Å². The Balaban J connectivity index is 2.09. The van der Waals surface area contributed by atoms with Gasteiger partial charge in [-0.25, -0.2) is 13.9 Å². The molecular formula is C16H11FN2O2. The summed E-state index contributed by atoms with van der Waals surface area (Å²) in [4.78, 5) is 11.2. The molecule has 21 heavy (non-hydrogen) atoms. The first-order valence-corrected chi connectivity index (χ1v) is 6.29. The fraction of sp³-hybridized carbons (Fsp3) is 0. The highest BCUT2D eigenvalue weighted by molar-refractivity contribution is 5.96. The summed E-state index contributed by atoms with van der Waals surface area (Å²) in [5, 5.41) is 13.4. The largest absolute Gasteiger partial charge is 0.478 e. The molecule has 0 aliphatic heterocycles. The Bertz CT molecular complexity index is 797. The predicted octanol–water partition coefficient (Wildman–Crippen LogP) is 3.38. The number of benzene rings is 2. The lowest BCUT2D eigenvalue weighted by molar-refractivity contribution is 0.0693. The Hall–Kier alpha value is -2.95. The van der Waals surface area contributed by atoms with Gasteiger partial charge in [0.25, 0.3) is 0 Å². The minimum absolute atomic E-state index is 0.310. The third-order valence-electron chi connectivity index (χ3n) is 3.14. The van der Waals surface area contributed by atoms with E-state index in [2.05, 4.69) is 5.10 Å². The highest BCUT2D eigenvalue weighted by Gasteiger charge is 2.17. The van der Waals surface area contributed by atoms with E-state index in [1.807, 2.05) is 30.3 Å². The first-order valence-electron chi connectivity index (χ1n) is 6.29. The van der Waals surface area contributed by atoms with Gasteiger partial charge in [-0.2, -0.15) is 5.10 Å². The van der Waals surface area contributed by atoms with E-state index < -0.39 is 11.8 Å². The molecule has 0 aliphatic carbocycles. The summed E-state index contributed by atoms with van der Waals surface area (Å²) < 4.78 is 15.3. The maximum Gasteiger partial charge on any atom is 0.339 e. The number of carbonyl (C=O) groups is 1. The average Bonchev–Trinajstić information content (AvgIpc) is 2.97. The third-order valence-corrected chi connectivity index (χ3v) is 3.14. The molecule has 2 aromatic carbocycles. The van der Waals surface area contributed by atoms with Crippen LogP contribution in [-0.4, -0.2) is 20.9 Å². The van der Waals surface area contributed by atoms with Crippen LogP contribution < -0.4 is 0 Å². The van der Waals surface area contributed by atoms with Gasteiger partial charge < -0.3 is 5.11 Å². The van der Waals surface area contributed by atoms with Gasteiger partial charge in [-0.3, -0.25) is 0 Å². The van der Waals surface area contributed by atoms with Crippen molar-refractivity contribution in [2.45, 2.75) is 0 Å². The van der Waals surface area contributed by atoms with Crippen molar-refractivity contribution >= 4 is 5.97 Å². The normalized spacial score (nSPS) is 10.5. The number of nitrogens with zero attached hydrogens (tertiary/aromatic N) is 2. The van der Waals surface area contributed by atoms with Crippen molar-refractivity contribution < 1.29 is 14.3 Å². The molecular weight excluding hydrogens is 271 g/mol. The fourth-order valence-electron chi connectivity index (χ4n) is 2.17. The number of aromatic nitrogens is 2. The Morgan fingerprint density at radius 1 is 1.10 bits per heavy atom. The van der Waals surface area contributed by atoms with Crippen LogP contribution in [0.2, 0.25) is 0 Å². The molecule has 1 heterocycles. The zero-order chi connectivity index (χ0) is 14.8. The molecule has 3 aromatic rings. The van der Waals surface area contributed by atoms with Crippen LogP contribution >= 0.6 is 0 Å². The molecule has 5 heteroatoms. The summed E-state index contributed by atoms with van der Waals surface area (Å²) >= 11 is 0. The number of aromatic carboxylic acids is 1. The zero-order valence-corrected chi connectivity index (χ0v) is 10.9. The van der Waals surface area contributed by atoms with E-state index in [1.165, 1.54) is 12.3 Å². The van der Waals surface area contributed by atoms with Crippen molar-refractivity contribution in [1.29, 1.82) is 0 Å². The van der Waals surface area contributed by atoms with Gasteiger partial charge in [-0.1, -0.05) is 30.3 Å². The highest BCUT2D eigenvalue weighted by atomic mass is 19.1. The molecule has 0 radical (unpaired) electrons. The Morgan fingerprint density at radius 3 is 2.57 bits per heavy atom. The first kappa shape index (κ1) is 13.1. The molecule has 1 N–H and O–H groups in total. The van der Waals surface area contributed by atoms with Crippen molar-refractivity contribution in [1.82, 2.24) is 9.78 Å². The van der Waals surface area contributed by atoms with E-state index in [1.54, 1.807) is 16.9 Å². The molecule has 3 rings (SSSR count). The zero-order valence-electron chi connectivity index (χ0n) is 10.9. The van der Waals surface area contributed by atoms with E-state index in [0.717, 1.165) is 11.8 Å². The summed E-state index contributed by atoms with van der Waals surface area (Å²) in [7, 11) is 0. The molecule has 0 saturated heterocycles. The van der Waals surface area contributed by atoms with E-state index in [4.69, 9.17) is 5.11 Å².